The molecule has 2 aromatic heterocycles. The van der Waals surface area contributed by atoms with Gasteiger partial charge in [0.25, 0.3) is 5.91 Å². The Hall–Kier alpha value is -2.89. The number of rotatable bonds is 5. The van der Waals surface area contributed by atoms with Crippen molar-refractivity contribution in [2.75, 3.05) is 31.1 Å². The molecule has 0 saturated carbocycles. The number of oxazole rings is 1. The van der Waals surface area contributed by atoms with Gasteiger partial charge in [0, 0.05) is 44.4 Å². The second kappa shape index (κ2) is 7.78. The average Bonchev–Trinajstić information content (AvgIpc) is 3.14. The van der Waals surface area contributed by atoms with Crippen LogP contribution in [0.1, 0.15) is 36.0 Å². The van der Waals surface area contributed by atoms with Crippen molar-refractivity contribution < 1.29 is 9.21 Å². The lowest BCUT2D eigenvalue weighted by atomic mass is 10.1. The zero-order valence-electron chi connectivity index (χ0n) is 15.6. The Labute approximate surface area is 158 Å². The number of carbonyl (C=O) groups excluding carboxylic acids is 1. The van der Waals surface area contributed by atoms with Crippen LogP contribution in [-0.4, -0.2) is 47.0 Å². The van der Waals surface area contributed by atoms with Crippen molar-refractivity contribution in [3.8, 4) is 0 Å². The Kier molecular flexibility index (Phi) is 5.05. The Bertz CT molecular complexity index is 914. The molecular formula is C21H24N4O2. The highest BCUT2D eigenvalue weighted by Gasteiger charge is 2.23. The lowest BCUT2D eigenvalue weighted by Gasteiger charge is -2.35. The zero-order chi connectivity index (χ0) is 18.6. The van der Waals surface area contributed by atoms with E-state index in [1.165, 1.54) is 0 Å². The minimum Gasteiger partial charge on any atom is -0.441 e. The van der Waals surface area contributed by atoms with E-state index in [4.69, 9.17) is 4.42 Å². The summed E-state index contributed by atoms with van der Waals surface area (Å²) < 4.78 is 5.76. The number of anilines is 1. The van der Waals surface area contributed by atoms with Gasteiger partial charge in [-0.25, -0.2) is 9.97 Å². The summed E-state index contributed by atoms with van der Waals surface area (Å²) in [7, 11) is 0. The summed E-state index contributed by atoms with van der Waals surface area (Å²) in [4.78, 5) is 25.9. The molecule has 1 aromatic carbocycles. The van der Waals surface area contributed by atoms with Gasteiger partial charge in [-0.15, -0.1) is 0 Å². The van der Waals surface area contributed by atoms with E-state index in [9.17, 15) is 4.79 Å². The maximum atomic E-state index is 12.9. The first kappa shape index (κ1) is 17.5. The predicted molar refractivity (Wildman–Crippen MR) is 105 cm³/mol. The molecule has 0 N–H and O–H groups in total. The molecule has 0 bridgehead atoms. The van der Waals surface area contributed by atoms with Crippen molar-refractivity contribution in [1.29, 1.82) is 0 Å². The number of hydrogen-bond donors (Lipinski definition) is 0. The molecule has 3 heterocycles. The first-order valence-electron chi connectivity index (χ1n) is 9.59. The average molecular weight is 364 g/mol. The highest BCUT2D eigenvalue weighted by Crippen LogP contribution is 2.20. The molecule has 1 fully saturated rings. The van der Waals surface area contributed by atoms with Crippen molar-refractivity contribution >= 4 is 22.8 Å². The van der Waals surface area contributed by atoms with Gasteiger partial charge < -0.3 is 14.2 Å². The van der Waals surface area contributed by atoms with Crippen LogP contribution in [0.2, 0.25) is 0 Å². The van der Waals surface area contributed by atoms with Crippen LogP contribution >= 0.6 is 0 Å². The van der Waals surface area contributed by atoms with Crippen LogP contribution in [0.4, 0.5) is 5.82 Å². The number of amides is 1. The van der Waals surface area contributed by atoms with E-state index in [0.29, 0.717) is 18.7 Å². The van der Waals surface area contributed by atoms with Crippen LogP contribution in [-0.2, 0) is 6.42 Å². The molecule has 0 unspecified atom stereocenters. The van der Waals surface area contributed by atoms with Crippen LogP contribution in [0.25, 0.3) is 11.1 Å². The number of carbonyl (C=O) groups is 1. The van der Waals surface area contributed by atoms with Crippen LogP contribution < -0.4 is 4.90 Å². The summed E-state index contributed by atoms with van der Waals surface area (Å²) in [5.74, 6) is 1.77. The van der Waals surface area contributed by atoms with E-state index in [0.717, 1.165) is 55.2 Å². The van der Waals surface area contributed by atoms with Gasteiger partial charge in [-0.3, -0.25) is 4.79 Å². The largest absolute Gasteiger partial charge is 0.441 e. The van der Waals surface area contributed by atoms with Crippen LogP contribution in [0, 0.1) is 0 Å². The Morgan fingerprint density at radius 1 is 1.15 bits per heavy atom. The fourth-order valence-corrected chi connectivity index (χ4v) is 3.41. The van der Waals surface area contributed by atoms with E-state index >= 15 is 0 Å². The van der Waals surface area contributed by atoms with E-state index in [1.54, 1.807) is 6.20 Å². The fraction of sp³-hybridized carbons (Fsp3) is 0.381. The van der Waals surface area contributed by atoms with Crippen molar-refractivity contribution in [1.82, 2.24) is 14.9 Å². The quantitative estimate of drug-likeness (QED) is 0.693. The normalized spacial score (nSPS) is 14.7. The molecule has 0 aliphatic carbocycles. The number of fused-ring (bicyclic) bond motifs is 1. The molecule has 0 atom stereocenters. The van der Waals surface area contributed by atoms with E-state index in [1.807, 2.05) is 41.3 Å². The number of unbranched alkanes of at least 4 members (excludes halogenated alkanes) is 1. The second-order valence-electron chi connectivity index (χ2n) is 6.86. The number of pyridine rings is 1. The standard InChI is InChI=1S/C21H24N4O2/c1-2-3-7-20-23-17-15-16(8-9-18(17)27-20)21(26)25-13-11-24(12-14-25)19-6-4-5-10-22-19/h4-6,8-10,15H,2-3,7,11-14H2,1H3. The molecule has 1 aliphatic rings. The van der Waals surface area contributed by atoms with Crippen molar-refractivity contribution in [3.05, 3.63) is 54.0 Å². The van der Waals surface area contributed by atoms with Gasteiger partial charge >= 0.3 is 0 Å². The molecule has 4 rings (SSSR count). The maximum absolute atomic E-state index is 12.9. The minimum atomic E-state index is 0.0516. The first-order valence-corrected chi connectivity index (χ1v) is 9.59. The third-order valence-electron chi connectivity index (χ3n) is 4.96. The predicted octanol–water partition coefficient (Wildman–Crippen LogP) is 3.53. The molecule has 1 saturated heterocycles. The summed E-state index contributed by atoms with van der Waals surface area (Å²) in [6, 6.07) is 11.5. The summed E-state index contributed by atoms with van der Waals surface area (Å²) in [6.45, 7) is 5.10. The lowest BCUT2D eigenvalue weighted by molar-refractivity contribution is 0.0746. The molecule has 1 aliphatic heterocycles. The van der Waals surface area contributed by atoms with Crippen molar-refractivity contribution in [2.45, 2.75) is 26.2 Å². The van der Waals surface area contributed by atoms with Gasteiger partial charge in [0.15, 0.2) is 11.5 Å². The van der Waals surface area contributed by atoms with Gasteiger partial charge in [0.2, 0.25) is 0 Å². The van der Waals surface area contributed by atoms with E-state index < -0.39 is 0 Å². The topological polar surface area (TPSA) is 62.5 Å². The van der Waals surface area contributed by atoms with Crippen LogP contribution in [0.15, 0.2) is 47.0 Å². The molecule has 1 amide bonds. The highest BCUT2D eigenvalue weighted by atomic mass is 16.3. The van der Waals surface area contributed by atoms with Crippen LogP contribution in [0.5, 0.6) is 0 Å². The van der Waals surface area contributed by atoms with Gasteiger partial charge in [0.05, 0.1) is 0 Å². The molecule has 140 valence electrons. The number of aryl methyl sites for hydroxylation is 1. The molecule has 27 heavy (non-hydrogen) atoms. The summed E-state index contributed by atoms with van der Waals surface area (Å²) in [6.07, 6.45) is 4.80. The Morgan fingerprint density at radius 2 is 2.00 bits per heavy atom. The number of nitrogens with zero attached hydrogens (tertiary/aromatic N) is 4. The molecular weight excluding hydrogens is 340 g/mol. The summed E-state index contributed by atoms with van der Waals surface area (Å²) >= 11 is 0. The van der Waals surface area contributed by atoms with Gasteiger partial charge in [-0.2, -0.15) is 0 Å². The Balaban J connectivity index is 1.43. The number of benzene rings is 1. The summed E-state index contributed by atoms with van der Waals surface area (Å²) in [5.41, 5.74) is 2.18. The molecule has 6 heteroatoms. The molecule has 6 nitrogen and oxygen atoms in total. The first-order chi connectivity index (χ1) is 13.2. The molecule has 3 aromatic rings. The van der Waals surface area contributed by atoms with Crippen molar-refractivity contribution in [3.63, 3.8) is 0 Å². The number of aromatic nitrogens is 2. The van der Waals surface area contributed by atoms with E-state index in [-0.39, 0.29) is 5.91 Å². The molecule has 0 radical (unpaired) electrons. The minimum absolute atomic E-state index is 0.0516. The van der Waals surface area contributed by atoms with Gasteiger partial charge in [0.1, 0.15) is 11.3 Å². The van der Waals surface area contributed by atoms with Gasteiger partial charge in [-0.1, -0.05) is 19.4 Å². The number of hydrogen-bond acceptors (Lipinski definition) is 5. The zero-order valence-corrected chi connectivity index (χ0v) is 15.6. The smallest absolute Gasteiger partial charge is 0.254 e. The summed E-state index contributed by atoms with van der Waals surface area (Å²) in [5, 5.41) is 0. The van der Waals surface area contributed by atoms with Gasteiger partial charge in [-0.05, 0) is 36.8 Å². The third kappa shape index (κ3) is 3.79. The van der Waals surface area contributed by atoms with E-state index in [2.05, 4.69) is 21.8 Å². The lowest BCUT2D eigenvalue weighted by Crippen LogP contribution is -2.49. The maximum Gasteiger partial charge on any atom is 0.254 e. The fourth-order valence-electron chi connectivity index (χ4n) is 3.41. The monoisotopic (exact) mass is 364 g/mol. The second-order valence-corrected chi connectivity index (χ2v) is 6.86. The van der Waals surface area contributed by atoms with Crippen molar-refractivity contribution in [2.24, 2.45) is 0 Å². The Morgan fingerprint density at radius 3 is 2.74 bits per heavy atom. The third-order valence-corrected chi connectivity index (χ3v) is 4.96. The highest BCUT2D eigenvalue weighted by molar-refractivity contribution is 5.97. The number of piperazine rings is 1. The van der Waals surface area contributed by atoms with Crippen LogP contribution in [0.3, 0.4) is 0 Å². The SMILES string of the molecule is CCCCc1nc2cc(C(=O)N3CCN(c4ccccn4)CC3)ccc2o1. The molecule has 0 spiro atoms.